The first-order valence-corrected chi connectivity index (χ1v) is 3.25. The van der Waals surface area contributed by atoms with E-state index in [2.05, 4.69) is 9.97 Å². The second kappa shape index (κ2) is 5.06. The number of rotatable bonds is 0. The molecule has 0 aliphatic carbocycles. The van der Waals surface area contributed by atoms with Crippen molar-refractivity contribution in [2.45, 2.75) is 5.09 Å². The third-order valence-electron chi connectivity index (χ3n) is 0.478. The molecule has 1 heterocycles. The number of aromatic nitrogens is 2. The fourth-order valence-electron chi connectivity index (χ4n) is 0.253. The summed E-state index contributed by atoms with van der Waals surface area (Å²) in [6.07, 6.45) is 6.56. The van der Waals surface area contributed by atoms with E-state index in [1.54, 1.807) is 24.8 Å². The zero-order valence-corrected chi connectivity index (χ0v) is 6.80. The van der Waals surface area contributed by atoms with Crippen LogP contribution in [0.3, 0.4) is 0 Å². The minimum atomic E-state index is -4.19. The van der Waals surface area contributed by atoms with Crippen LogP contribution in [-0.4, -0.2) is 15.1 Å². The molecule has 0 unspecified atom stereocenters. The Morgan fingerprint density at radius 1 is 0.909 bits per heavy atom. The maximum Gasteiger partial charge on any atom is 0.448 e. The Hall–Kier alpha value is -0.650. The van der Waals surface area contributed by atoms with Gasteiger partial charge in [0, 0.05) is 40.7 Å². The normalized spacial score (nSPS) is 9.82. The van der Waals surface area contributed by atoms with Gasteiger partial charge in [-0.2, -0.15) is 13.2 Å². The lowest BCUT2D eigenvalue weighted by molar-refractivity contribution is -0.0245. The summed E-state index contributed by atoms with van der Waals surface area (Å²) in [5, 5.41) is -4.19. The van der Waals surface area contributed by atoms with Gasteiger partial charge >= 0.3 is 5.09 Å². The first kappa shape index (κ1) is 10.3. The van der Waals surface area contributed by atoms with Crippen LogP contribution in [0.5, 0.6) is 0 Å². The Bertz CT molecular complexity index is 144. The molecule has 0 saturated heterocycles. The van der Waals surface area contributed by atoms with Gasteiger partial charge in [-0.3, -0.25) is 9.97 Å². The van der Waals surface area contributed by atoms with Crippen molar-refractivity contribution in [3.63, 3.8) is 0 Å². The number of nitrogens with zero attached hydrogens (tertiary/aromatic N) is 2. The number of halogens is 4. The molecule has 11 heavy (non-hydrogen) atoms. The Labute approximate surface area is 69.6 Å². The molecular formula is C5H4BrF3N2. The lowest BCUT2D eigenvalue weighted by Crippen LogP contribution is -1.88. The van der Waals surface area contributed by atoms with Crippen molar-refractivity contribution in [3.8, 4) is 0 Å². The molecule has 0 aliphatic heterocycles. The largest absolute Gasteiger partial charge is 0.448 e. The molecule has 2 nitrogen and oxygen atoms in total. The van der Waals surface area contributed by atoms with E-state index in [0.29, 0.717) is 0 Å². The third kappa shape index (κ3) is 17.6. The highest BCUT2D eigenvalue weighted by atomic mass is 79.9. The summed E-state index contributed by atoms with van der Waals surface area (Å²) >= 11 is 1.38. The highest BCUT2D eigenvalue weighted by molar-refractivity contribution is 9.09. The second-order valence-corrected chi connectivity index (χ2v) is 2.22. The summed E-state index contributed by atoms with van der Waals surface area (Å²) < 4.78 is 30.8. The van der Waals surface area contributed by atoms with Crippen LogP contribution in [0.15, 0.2) is 24.8 Å². The maximum atomic E-state index is 10.3. The van der Waals surface area contributed by atoms with Crippen LogP contribution in [-0.2, 0) is 0 Å². The standard InChI is InChI=1S/C4H4N2.CBrF3/c1-2-6-4-3-5-1;2-1(3,4)5/h1-4H;. The Balaban J connectivity index is 0.000000187. The van der Waals surface area contributed by atoms with Crippen LogP contribution in [0, 0.1) is 0 Å². The van der Waals surface area contributed by atoms with Crippen molar-refractivity contribution in [2.24, 2.45) is 0 Å². The van der Waals surface area contributed by atoms with Crippen LogP contribution >= 0.6 is 15.9 Å². The SMILES string of the molecule is FC(F)(F)Br.c1cnccn1. The minimum Gasteiger partial charge on any atom is -0.262 e. The van der Waals surface area contributed by atoms with Crippen molar-refractivity contribution in [1.82, 2.24) is 9.97 Å². The minimum absolute atomic E-state index is 1.38. The van der Waals surface area contributed by atoms with Crippen molar-refractivity contribution >= 4 is 15.9 Å². The van der Waals surface area contributed by atoms with Gasteiger partial charge in [0.1, 0.15) is 0 Å². The lowest BCUT2D eigenvalue weighted by Gasteiger charge is -1.85. The van der Waals surface area contributed by atoms with E-state index in [1.807, 2.05) is 0 Å². The molecular weight excluding hydrogens is 225 g/mol. The van der Waals surface area contributed by atoms with Crippen molar-refractivity contribution in [1.29, 1.82) is 0 Å². The fraction of sp³-hybridized carbons (Fsp3) is 0.200. The molecule has 0 amide bonds. The Kier molecular flexibility index (Phi) is 4.76. The van der Waals surface area contributed by atoms with Gasteiger partial charge in [-0.25, -0.2) is 0 Å². The molecule has 0 aliphatic rings. The van der Waals surface area contributed by atoms with E-state index in [0.717, 1.165) is 0 Å². The van der Waals surface area contributed by atoms with Gasteiger partial charge in [0.15, 0.2) is 0 Å². The van der Waals surface area contributed by atoms with E-state index in [4.69, 9.17) is 0 Å². The molecule has 0 spiro atoms. The quantitative estimate of drug-likeness (QED) is 0.638. The van der Waals surface area contributed by atoms with Crippen LogP contribution < -0.4 is 0 Å². The zero-order chi connectivity index (χ0) is 8.74. The average molecular weight is 229 g/mol. The molecule has 6 heteroatoms. The van der Waals surface area contributed by atoms with Crippen LogP contribution in [0.25, 0.3) is 0 Å². The first-order chi connectivity index (χ1) is 5.00. The van der Waals surface area contributed by atoms with Crippen molar-refractivity contribution in [3.05, 3.63) is 24.8 Å². The molecule has 0 radical (unpaired) electrons. The summed E-state index contributed by atoms with van der Waals surface area (Å²) in [6.45, 7) is 0. The van der Waals surface area contributed by atoms with E-state index in [1.165, 1.54) is 15.9 Å². The van der Waals surface area contributed by atoms with Crippen molar-refractivity contribution < 1.29 is 13.2 Å². The summed E-state index contributed by atoms with van der Waals surface area (Å²) in [5.74, 6) is 0. The summed E-state index contributed by atoms with van der Waals surface area (Å²) in [4.78, 5) is 7.44. The highest BCUT2D eigenvalue weighted by Crippen LogP contribution is 2.21. The summed E-state index contributed by atoms with van der Waals surface area (Å²) in [5.41, 5.74) is 0. The lowest BCUT2D eigenvalue weighted by atomic mass is 10.8. The molecule has 1 aromatic rings. The van der Waals surface area contributed by atoms with Gasteiger partial charge in [0.25, 0.3) is 0 Å². The number of hydrogen-bond donors (Lipinski definition) is 0. The molecule has 1 rings (SSSR count). The predicted molar refractivity (Wildman–Crippen MR) is 37.0 cm³/mol. The zero-order valence-electron chi connectivity index (χ0n) is 5.22. The monoisotopic (exact) mass is 228 g/mol. The molecule has 0 fully saturated rings. The van der Waals surface area contributed by atoms with E-state index < -0.39 is 5.09 Å². The van der Waals surface area contributed by atoms with Gasteiger partial charge in [-0.1, -0.05) is 0 Å². The van der Waals surface area contributed by atoms with Crippen molar-refractivity contribution in [2.75, 3.05) is 0 Å². The molecule has 1 aromatic heterocycles. The topological polar surface area (TPSA) is 25.8 Å². The molecule has 0 N–H and O–H groups in total. The second-order valence-electron chi connectivity index (χ2n) is 1.32. The molecule has 0 saturated carbocycles. The predicted octanol–water partition coefficient (Wildman–Crippen LogP) is 2.38. The highest BCUT2D eigenvalue weighted by Gasteiger charge is 2.19. The average Bonchev–Trinajstić information content (AvgIpc) is 1.88. The van der Waals surface area contributed by atoms with E-state index >= 15 is 0 Å². The molecule has 0 bridgehead atoms. The van der Waals surface area contributed by atoms with Crippen LogP contribution in [0.4, 0.5) is 13.2 Å². The van der Waals surface area contributed by atoms with Crippen LogP contribution in [0.2, 0.25) is 0 Å². The van der Waals surface area contributed by atoms with Crippen LogP contribution in [0.1, 0.15) is 0 Å². The number of hydrogen-bond acceptors (Lipinski definition) is 2. The Morgan fingerprint density at radius 2 is 1.09 bits per heavy atom. The van der Waals surface area contributed by atoms with E-state index in [-0.39, 0.29) is 0 Å². The van der Waals surface area contributed by atoms with E-state index in [9.17, 15) is 13.2 Å². The van der Waals surface area contributed by atoms with Gasteiger partial charge in [-0.15, -0.1) is 0 Å². The third-order valence-corrected chi connectivity index (χ3v) is 0.478. The smallest absolute Gasteiger partial charge is 0.262 e. The summed E-state index contributed by atoms with van der Waals surface area (Å²) in [7, 11) is 0. The molecule has 62 valence electrons. The first-order valence-electron chi connectivity index (χ1n) is 2.46. The maximum absolute atomic E-state index is 10.3. The van der Waals surface area contributed by atoms with Gasteiger partial charge in [0.05, 0.1) is 0 Å². The fourth-order valence-corrected chi connectivity index (χ4v) is 0.253. The molecule has 0 aromatic carbocycles. The molecule has 0 atom stereocenters. The Morgan fingerprint density at radius 3 is 1.18 bits per heavy atom. The van der Waals surface area contributed by atoms with Gasteiger partial charge in [-0.05, 0) is 0 Å². The number of alkyl halides is 4. The van der Waals surface area contributed by atoms with Gasteiger partial charge < -0.3 is 0 Å². The summed E-state index contributed by atoms with van der Waals surface area (Å²) in [6, 6.07) is 0. The van der Waals surface area contributed by atoms with Gasteiger partial charge in [0.2, 0.25) is 0 Å².